The van der Waals surface area contributed by atoms with E-state index in [1.165, 1.54) is 0 Å². The lowest BCUT2D eigenvalue weighted by molar-refractivity contribution is 0.249. The van der Waals surface area contributed by atoms with Crippen molar-refractivity contribution in [1.29, 1.82) is 0 Å². The summed E-state index contributed by atoms with van der Waals surface area (Å²) < 4.78 is 144. The van der Waals surface area contributed by atoms with Gasteiger partial charge in [0.15, 0.2) is 16.6 Å². The maximum Gasteiger partial charge on any atom is 0.314 e. The largest absolute Gasteiger partial charge is 0.437 e. The number of hydrogen-bond acceptors (Lipinski definition) is 21. The Morgan fingerprint density at radius 1 is 0.0787 bits per heavy atom. The average molecular weight is 1650 g/mol. The zero-order valence-corrected chi connectivity index (χ0v) is 87.6. The van der Waals surface area contributed by atoms with Gasteiger partial charge in [0.2, 0.25) is 0 Å². The molecule has 0 N–H and O–H groups in total. The standard InChI is InChI=1S/C46H138O21Si22/c1-68(2,3)47-70(7,8)49-72(11,12)51-74(15,16)53-76(19,20)55-78(23,24)57-80(27,28)59-82(31,32)61-84(35,36)63-86(39,40)65-88(43,44)67-89(45,46)66-87(41,42)64-85(37,38)62-83(33,34)60-81(29,30)58-79(25,26)56-77(21,22)54-75(17,18)52-73(13,14)50-71(9,10)48-69(4,5)6/h1-46H3. The van der Waals surface area contributed by atoms with Gasteiger partial charge in [-0.1, -0.05) is 0 Å². The van der Waals surface area contributed by atoms with Crippen molar-refractivity contribution >= 4 is 188 Å². The van der Waals surface area contributed by atoms with Crippen LogP contribution in [0, 0.1) is 0 Å². The molecule has 89 heavy (non-hydrogen) atoms. The van der Waals surface area contributed by atoms with Crippen molar-refractivity contribution in [3.8, 4) is 0 Å². The summed E-state index contributed by atoms with van der Waals surface area (Å²) in [5, 5.41) is 0. The molecule has 43 heteroatoms. The van der Waals surface area contributed by atoms with Gasteiger partial charge in [0.05, 0.1) is 0 Å². The van der Waals surface area contributed by atoms with E-state index in [0.29, 0.717) is 0 Å². The average Bonchev–Trinajstić information content (AvgIpc) is 2.97. The third kappa shape index (κ3) is 44.0. The monoisotopic (exact) mass is 1640 g/mol. The Morgan fingerprint density at radius 3 is 0.169 bits per heavy atom. The highest BCUT2D eigenvalue weighted by molar-refractivity contribution is 6.97. The Kier molecular flexibility index (Phi) is 32.2. The Balaban J connectivity index is 5.86. The van der Waals surface area contributed by atoms with Gasteiger partial charge in [-0.05, 0) is 301 Å². The summed E-state index contributed by atoms with van der Waals surface area (Å²) in [6, 6.07) is 0. The Labute approximate surface area is 570 Å². The Bertz CT molecular complexity index is 2100. The lowest BCUT2D eigenvalue weighted by Gasteiger charge is -2.45. The second-order valence-electron chi connectivity index (χ2n) is 34.4. The minimum Gasteiger partial charge on any atom is -0.437 e. The summed E-state index contributed by atoms with van der Waals surface area (Å²) in [7, 11) is -58.9. The Morgan fingerprint density at radius 2 is 0.124 bits per heavy atom. The normalized spacial score (nSPS) is 16.2. The van der Waals surface area contributed by atoms with Gasteiger partial charge in [-0.15, -0.1) is 0 Å². The molecular formula is C46H138O21Si22. The minimum absolute atomic E-state index is 1.80. The summed E-state index contributed by atoms with van der Waals surface area (Å²) in [4.78, 5) is 0. The fraction of sp³-hybridized carbons (Fsp3) is 1.00. The second-order valence-corrected chi connectivity index (χ2v) is 116. The Hall–Kier alpha value is 3.93. The predicted molar refractivity (Wildman–Crippen MR) is 419 cm³/mol. The summed E-state index contributed by atoms with van der Waals surface area (Å²) >= 11 is 0. The van der Waals surface area contributed by atoms with Crippen molar-refractivity contribution in [3.63, 3.8) is 0 Å². The van der Waals surface area contributed by atoms with Crippen molar-refractivity contribution in [3.05, 3.63) is 0 Å². The highest BCUT2D eigenvalue weighted by atomic mass is 28.6. The molecule has 0 rings (SSSR count). The van der Waals surface area contributed by atoms with E-state index in [9.17, 15) is 0 Å². The van der Waals surface area contributed by atoms with Gasteiger partial charge in [-0.2, -0.15) is 0 Å². The van der Waals surface area contributed by atoms with E-state index in [1.54, 1.807) is 0 Å². The van der Waals surface area contributed by atoms with Crippen LogP contribution in [0.4, 0.5) is 0 Å². The fourth-order valence-electron chi connectivity index (χ4n) is 13.1. The maximum absolute atomic E-state index is 6.97. The second kappa shape index (κ2) is 30.9. The van der Waals surface area contributed by atoms with Crippen molar-refractivity contribution in [1.82, 2.24) is 0 Å². The molecule has 0 aliphatic heterocycles. The van der Waals surface area contributed by atoms with Crippen molar-refractivity contribution in [2.75, 3.05) is 0 Å². The third-order valence-electron chi connectivity index (χ3n) is 10.4. The van der Waals surface area contributed by atoms with Crippen molar-refractivity contribution < 1.29 is 86.4 Å². The first-order valence-electron chi connectivity index (χ1n) is 31.6. The van der Waals surface area contributed by atoms with Gasteiger partial charge in [0.1, 0.15) is 0 Å². The number of hydrogen-bond donors (Lipinski definition) is 0. The summed E-state index contributed by atoms with van der Waals surface area (Å²) in [5.74, 6) is 0. The van der Waals surface area contributed by atoms with Gasteiger partial charge in [0, 0.05) is 0 Å². The zero-order chi connectivity index (χ0) is 71.8. The molecule has 0 atom stereocenters. The van der Waals surface area contributed by atoms with Gasteiger partial charge in [-0.3, -0.25) is 0 Å². The van der Waals surface area contributed by atoms with E-state index in [-0.39, 0.29) is 0 Å². The minimum atomic E-state index is -2.88. The first kappa shape index (κ1) is 92.9. The van der Waals surface area contributed by atoms with E-state index in [0.717, 1.165) is 0 Å². The van der Waals surface area contributed by atoms with Crippen molar-refractivity contribution in [2.45, 2.75) is 301 Å². The van der Waals surface area contributed by atoms with Crippen molar-refractivity contribution in [2.24, 2.45) is 0 Å². The van der Waals surface area contributed by atoms with Crippen LogP contribution in [0.25, 0.3) is 0 Å². The first-order chi connectivity index (χ1) is 37.8. The van der Waals surface area contributed by atoms with E-state index < -0.39 is 188 Å². The van der Waals surface area contributed by atoms with Crippen LogP contribution in [0.2, 0.25) is 301 Å². The summed E-state index contributed by atoms with van der Waals surface area (Å²) in [6.07, 6.45) is 0. The fourth-order valence-corrected chi connectivity index (χ4v) is 126. The quantitative estimate of drug-likeness (QED) is 0.0523. The van der Waals surface area contributed by atoms with E-state index in [2.05, 4.69) is 301 Å². The highest BCUT2D eigenvalue weighted by Crippen LogP contribution is 2.35. The van der Waals surface area contributed by atoms with Crippen LogP contribution in [-0.2, 0) is 86.4 Å². The molecule has 0 aromatic carbocycles. The van der Waals surface area contributed by atoms with Crippen LogP contribution in [0.5, 0.6) is 0 Å². The smallest absolute Gasteiger partial charge is 0.314 e. The molecule has 0 amide bonds. The highest BCUT2D eigenvalue weighted by Gasteiger charge is 2.55. The van der Waals surface area contributed by atoms with Gasteiger partial charge in [0.25, 0.3) is 0 Å². The topological polar surface area (TPSA) is 194 Å². The molecule has 0 bridgehead atoms. The van der Waals surface area contributed by atoms with Crippen LogP contribution in [0.1, 0.15) is 0 Å². The SMILES string of the molecule is C[Si](C)(C)O[Si](C)(C)O[Si](C)(C)O[Si](C)(C)O[Si](C)(C)O[Si](C)(C)O[Si](C)(C)O[Si](C)(C)O[Si](C)(C)O[Si](C)(C)O[Si](C)(C)O[Si](C)(C)O[Si](C)(C)O[Si](C)(C)O[Si](C)(C)O[Si](C)(C)O[Si](C)(C)O[Si](C)(C)O[Si](C)(C)O[Si](C)(C)O[Si](C)(C)O[Si](C)(C)C. The lowest BCUT2D eigenvalue weighted by atomic mass is 11.8. The molecule has 0 heterocycles. The summed E-state index contributed by atoms with van der Waals surface area (Å²) in [6.45, 7) is 95.8. The molecule has 0 unspecified atom stereocenters. The van der Waals surface area contributed by atoms with Gasteiger partial charge >= 0.3 is 171 Å². The third-order valence-corrected chi connectivity index (χ3v) is 94.0. The van der Waals surface area contributed by atoms with E-state index >= 15 is 0 Å². The molecular weight excluding hydrogens is 1510 g/mol. The van der Waals surface area contributed by atoms with E-state index in [1.807, 2.05) is 0 Å². The maximum atomic E-state index is 6.97. The zero-order valence-electron chi connectivity index (χ0n) is 65.6. The molecule has 536 valence electrons. The molecule has 0 saturated carbocycles. The molecule has 21 nitrogen and oxygen atoms in total. The molecule has 0 saturated heterocycles. The van der Waals surface area contributed by atoms with Crippen LogP contribution in [0.15, 0.2) is 0 Å². The molecule has 0 aromatic heterocycles. The lowest BCUT2D eigenvalue weighted by Crippen LogP contribution is -2.63. The molecule has 0 spiro atoms. The first-order valence-corrected chi connectivity index (χ1v) is 94.7. The summed E-state index contributed by atoms with van der Waals surface area (Å²) in [5.41, 5.74) is 0. The van der Waals surface area contributed by atoms with Crippen LogP contribution < -0.4 is 0 Å². The van der Waals surface area contributed by atoms with Crippen LogP contribution in [-0.4, -0.2) is 188 Å². The predicted octanol–water partition coefficient (Wildman–Crippen LogP) is 17.0. The van der Waals surface area contributed by atoms with Crippen LogP contribution >= 0.6 is 0 Å². The molecule has 0 aromatic rings. The van der Waals surface area contributed by atoms with E-state index in [4.69, 9.17) is 86.4 Å². The van der Waals surface area contributed by atoms with Gasteiger partial charge in [-0.25, -0.2) is 0 Å². The van der Waals surface area contributed by atoms with Crippen LogP contribution in [0.3, 0.4) is 0 Å². The molecule has 0 radical (unpaired) electrons. The number of rotatable bonds is 42. The molecule has 0 aliphatic carbocycles. The molecule has 0 aliphatic rings. The van der Waals surface area contributed by atoms with Gasteiger partial charge < -0.3 is 86.4 Å². The molecule has 0 fully saturated rings.